The van der Waals surface area contributed by atoms with Crippen LogP contribution in [0.4, 0.5) is 0 Å². The summed E-state index contributed by atoms with van der Waals surface area (Å²) in [4.78, 5) is 24.6. The Bertz CT molecular complexity index is 911. The van der Waals surface area contributed by atoms with Gasteiger partial charge in [-0.1, -0.05) is 42.5 Å². The summed E-state index contributed by atoms with van der Waals surface area (Å²) in [6, 6.07) is 15.7. The predicted octanol–water partition coefficient (Wildman–Crippen LogP) is 4.24. The Morgan fingerprint density at radius 3 is 2.64 bits per heavy atom. The monoisotopic (exact) mass is 353 g/mol. The van der Waals surface area contributed by atoms with Crippen molar-refractivity contribution in [3.63, 3.8) is 0 Å². The van der Waals surface area contributed by atoms with Crippen LogP contribution in [0.5, 0.6) is 0 Å². The molecule has 0 aliphatic heterocycles. The first kappa shape index (κ1) is 17.2. The van der Waals surface area contributed by atoms with Gasteiger partial charge in [0.15, 0.2) is 6.61 Å². The topological polar surface area (TPSA) is 55.4 Å². The molecule has 4 nitrogen and oxygen atoms in total. The Hall–Kier alpha value is -2.66. The van der Waals surface area contributed by atoms with Gasteiger partial charge in [-0.25, -0.2) is 4.79 Å². The van der Waals surface area contributed by atoms with Crippen LogP contribution < -0.4 is 5.32 Å². The number of esters is 1. The molecule has 0 fully saturated rings. The zero-order valence-corrected chi connectivity index (χ0v) is 14.9. The van der Waals surface area contributed by atoms with E-state index < -0.39 is 5.97 Å². The molecule has 2 aromatic carbocycles. The first-order valence-corrected chi connectivity index (χ1v) is 8.92. The number of fused-ring (bicyclic) bond motifs is 1. The highest BCUT2D eigenvalue weighted by Gasteiger charge is 2.16. The lowest BCUT2D eigenvalue weighted by atomic mass is 10.00. The van der Waals surface area contributed by atoms with Crippen LogP contribution in [0.2, 0.25) is 0 Å². The average molecular weight is 353 g/mol. The van der Waals surface area contributed by atoms with E-state index in [0.717, 1.165) is 21.9 Å². The van der Waals surface area contributed by atoms with E-state index in [2.05, 4.69) is 5.32 Å². The average Bonchev–Trinajstić information content (AvgIpc) is 3.05. The molecule has 1 aromatic heterocycles. The van der Waals surface area contributed by atoms with Gasteiger partial charge in [-0.3, -0.25) is 4.79 Å². The van der Waals surface area contributed by atoms with Gasteiger partial charge in [-0.2, -0.15) is 0 Å². The Morgan fingerprint density at radius 2 is 1.88 bits per heavy atom. The van der Waals surface area contributed by atoms with E-state index in [0.29, 0.717) is 4.88 Å². The summed E-state index contributed by atoms with van der Waals surface area (Å²) >= 11 is 1.32. The van der Waals surface area contributed by atoms with E-state index in [4.69, 9.17) is 4.74 Å². The molecule has 1 N–H and O–H groups in total. The van der Waals surface area contributed by atoms with Crippen molar-refractivity contribution in [3.05, 3.63) is 69.9 Å². The molecule has 1 atom stereocenters. The number of carbonyl (C=O) groups is 2. The Labute approximate surface area is 150 Å². The molecule has 3 aromatic rings. The number of ether oxygens (including phenoxy) is 1. The molecule has 1 amide bonds. The molecule has 25 heavy (non-hydrogen) atoms. The summed E-state index contributed by atoms with van der Waals surface area (Å²) in [5.74, 6) is -0.775. The maximum absolute atomic E-state index is 12.1. The third-order valence-corrected chi connectivity index (χ3v) is 5.05. The largest absolute Gasteiger partial charge is 0.451 e. The Morgan fingerprint density at radius 1 is 1.12 bits per heavy atom. The van der Waals surface area contributed by atoms with Crippen LogP contribution in [0, 0.1) is 6.92 Å². The second-order valence-electron chi connectivity index (χ2n) is 5.87. The van der Waals surface area contributed by atoms with Gasteiger partial charge in [0.2, 0.25) is 0 Å². The van der Waals surface area contributed by atoms with E-state index in [9.17, 15) is 9.59 Å². The highest BCUT2D eigenvalue weighted by atomic mass is 32.1. The van der Waals surface area contributed by atoms with Gasteiger partial charge in [0.1, 0.15) is 4.88 Å². The molecule has 0 spiro atoms. The summed E-state index contributed by atoms with van der Waals surface area (Å²) in [6.45, 7) is 3.48. The molecule has 3 rings (SSSR count). The molecule has 128 valence electrons. The normalized spacial score (nSPS) is 11.9. The summed E-state index contributed by atoms with van der Waals surface area (Å²) < 4.78 is 5.11. The van der Waals surface area contributed by atoms with Crippen molar-refractivity contribution in [2.75, 3.05) is 6.61 Å². The number of carbonyl (C=O) groups excluding carboxylic acids is 2. The van der Waals surface area contributed by atoms with Crippen molar-refractivity contribution in [3.8, 4) is 0 Å². The second kappa shape index (κ2) is 7.49. The second-order valence-corrected chi connectivity index (χ2v) is 6.78. The molecule has 0 saturated carbocycles. The van der Waals surface area contributed by atoms with Gasteiger partial charge in [-0.15, -0.1) is 11.3 Å². The van der Waals surface area contributed by atoms with E-state index in [-0.39, 0.29) is 18.6 Å². The Kier molecular flexibility index (Phi) is 5.14. The lowest BCUT2D eigenvalue weighted by Crippen LogP contribution is -2.31. The minimum Gasteiger partial charge on any atom is -0.451 e. The van der Waals surface area contributed by atoms with Gasteiger partial charge in [0.05, 0.1) is 6.04 Å². The lowest BCUT2D eigenvalue weighted by molar-refractivity contribution is -0.124. The zero-order chi connectivity index (χ0) is 17.8. The van der Waals surface area contributed by atoms with Gasteiger partial charge in [0.25, 0.3) is 5.91 Å². The maximum Gasteiger partial charge on any atom is 0.349 e. The van der Waals surface area contributed by atoms with E-state index in [1.165, 1.54) is 11.3 Å². The number of nitrogens with one attached hydrogen (secondary N) is 1. The van der Waals surface area contributed by atoms with Crippen LogP contribution in [-0.4, -0.2) is 18.5 Å². The summed E-state index contributed by atoms with van der Waals surface area (Å²) in [7, 11) is 0. The molecule has 0 aliphatic carbocycles. The van der Waals surface area contributed by atoms with Crippen molar-refractivity contribution in [2.24, 2.45) is 0 Å². The van der Waals surface area contributed by atoms with Gasteiger partial charge >= 0.3 is 5.97 Å². The first-order valence-electron chi connectivity index (χ1n) is 8.04. The predicted molar refractivity (Wildman–Crippen MR) is 99.8 cm³/mol. The number of hydrogen-bond donors (Lipinski definition) is 1. The van der Waals surface area contributed by atoms with Crippen LogP contribution in [0.15, 0.2) is 53.9 Å². The number of amides is 1. The molecule has 0 aliphatic rings. The number of hydrogen-bond acceptors (Lipinski definition) is 4. The van der Waals surface area contributed by atoms with Gasteiger partial charge in [0, 0.05) is 0 Å². The minimum atomic E-state index is -0.458. The third-order valence-electron chi connectivity index (χ3n) is 4.05. The van der Waals surface area contributed by atoms with E-state index in [1.807, 2.05) is 67.8 Å². The van der Waals surface area contributed by atoms with E-state index >= 15 is 0 Å². The Balaban J connectivity index is 1.62. The molecular weight excluding hydrogens is 334 g/mol. The smallest absolute Gasteiger partial charge is 0.349 e. The number of benzene rings is 2. The summed E-state index contributed by atoms with van der Waals surface area (Å²) in [5, 5.41) is 6.95. The number of rotatable bonds is 5. The SMILES string of the molecule is Cc1ccsc1C(=O)OCC(=O)N[C@H](C)c1cccc2ccccc12. The van der Waals surface area contributed by atoms with Crippen molar-refractivity contribution >= 4 is 34.0 Å². The zero-order valence-electron chi connectivity index (χ0n) is 14.1. The third kappa shape index (κ3) is 3.88. The molecule has 5 heteroatoms. The van der Waals surface area contributed by atoms with Crippen molar-refractivity contribution < 1.29 is 14.3 Å². The van der Waals surface area contributed by atoms with Crippen LogP contribution >= 0.6 is 11.3 Å². The molecule has 1 heterocycles. The van der Waals surface area contributed by atoms with Crippen molar-refractivity contribution in [2.45, 2.75) is 19.9 Å². The molecule has 0 radical (unpaired) electrons. The lowest BCUT2D eigenvalue weighted by Gasteiger charge is -2.16. The highest BCUT2D eigenvalue weighted by Crippen LogP contribution is 2.24. The van der Waals surface area contributed by atoms with Crippen LogP contribution in [0.3, 0.4) is 0 Å². The summed E-state index contributed by atoms with van der Waals surface area (Å²) in [6.07, 6.45) is 0. The fourth-order valence-corrected chi connectivity index (χ4v) is 3.58. The van der Waals surface area contributed by atoms with E-state index in [1.54, 1.807) is 0 Å². The fraction of sp³-hybridized carbons (Fsp3) is 0.200. The van der Waals surface area contributed by atoms with Gasteiger partial charge < -0.3 is 10.1 Å². The number of thiophene rings is 1. The first-order chi connectivity index (χ1) is 12.1. The molecular formula is C20H19NO3S. The van der Waals surface area contributed by atoms with Crippen LogP contribution in [0.25, 0.3) is 10.8 Å². The standard InChI is InChI=1S/C20H19NO3S/c1-13-10-11-25-19(13)20(23)24-12-18(22)21-14(2)16-9-5-7-15-6-3-4-8-17(15)16/h3-11,14H,12H2,1-2H3,(H,21,22)/t14-/m1/s1. The molecule has 0 saturated heterocycles. The van der Waals surface area contributed by atoms with Gasteiger partial charge in [-0.05, 0) is 47.2 Å². The molecule has 0 unspecified atom stereocenters. The maximum atomic E-state index is 12.1. The van der Waals surface area contributed by atoms with Crippen LogP contribution in [0.1, 0.15) is 33.8 Å². The highest BCUT2D eigenvalue weighted by molar-refractivity contribution is 7.12. The molecule has 0 bridgehead atoms. The minimum absolute atomic E-state index is 0.180. The van der Waals surface area contributed by atoms with Crippen LogP contribution in [-0.2, 0) is 9.53 Å². The van der Waals surface area contributed by atoms with Crippen molar-refractivity contribution in [1.29, 1.82) is 0 Å². The summed E-state index contributed by atoms with van der Waals surface area (Å²) in [5.41, 5.74) is 1.89. The fourth-order valence-electron chi connectivity index (χ4n) is 2.77. The number of aryl methyl sites for hydroxylation is 1. The quantitative estimate of drug-likeness (QED) is 0.698. The van der Waals surface area contributed by atoms with Crippen molar-refractivity contribution in [1.82, 2.24) is 5.32 Å².